The monoisotopic (exact) mass is 574 g/mol. The minimum absolute atomic E-state index is 0.0736. The molecule has 0 saturated heterocycles. The van der Waals surface area contributed by atoms with E-state index in [0.717, 1.165) is 12.3 Å². The summed E-state index contributed by atoms with van der Waals surface area (Å²) < 4.78 is 96.4. The van der Waals surface area contributed by atoms with Crippen LogP contribution in [-0.4, -0.2) is 69.4 Å². The SMILES string of the molecule is CCN(C(=O)NC(CC1CC1)C(F)(F)F)C(c1cc(-c2cn3cc(C)nc3c(OC)n2)c(OC)cn1)C(F)(F)F. The first-order valence-electron chi connectivity index (χ1n) is 12.4. The average molecular weight is 575 g/mol. The Hall–Kier alpha value is -3.78. The molecular weight excluding hydrogens is 546 g/mol. The van der Waals surface area contributed by atoms with Gasteiger partial charge in [0.15, 0.2) is 6.04 Å². The highest BCUT2D eigenvalue weighted by Gasteiger charge is 2.49. The maximum absolute atomic E-state index is 14.5. The van der Waals surface area contributed by atoms with Crippen LogP contribution in [-0.2, 0) is 0 Å². The van der Waals surface area contributed by atoms with Gasteiger partial charge in [0.25, 0.3) is 5.88 Å². The number of aryl methyl sites for hydroxylation is 1. The van der Waals surface area contributed by atoms with Gasteiger partial charge in [0.2, 0.25) is 5.65 Å². The first-order chi connectivity index (χ1) is 18.8. The van der Waals surface area contributed by atoms with Crippen LogP contribution >= 0.6 is 0 Å². The number of methoxy groups -OCH3 is 2. The molecule has 0 radical (unpaired) electrons. The summed E-state index contributed by atoms with van der Waals surface area (Å²) in [5.74, 6) is -0.0568. The van der Waals surface area contributed by atoms with E-state index in [-0.39, 0.29) is 28.8 Å². The third-order valence-corrected chi connectivity index (χ3v) is 6.57. The third kappa shape index (κ3) is 6.17. The van der Waals surface area contributed by atoms with Gasteiger partial charge in [-0.25, -0.2) is 14.8 Å². The number of amides is 2. The number of aromatic nitrogens is 4. The van der Waals surface area contributed by atoms with Gasteiger partial charge in [-0.05, 0) is 32.3 Å². The molecule has 1 fully saturated rings. The van der Waals surface area contributed by atoms with Crippen LogP contribution in [0.15, 0.2) is 24.7 Å². The summed E-state index contributed by atoms with van der Waals surface area (Å²) in [5, 5.41) is 1.78. The van der Waals surface area contributed by atoms with E-state index in [0.29, 0.717) is 29.1 Å². The molecule has 4 rings (SSSR count). The molecule has 3 aromatic rings. The van der Waals surface area contributed by atoms with Gasteiger partial charge in [-0.3, -0.25) is 4.98 Å². The van der Waals surface area contributed by atoms with E-state index >= 15 is 0 Å². The largest absolute Gasteiger partial charge is 0.494 e. The zero-order valence-corrected chi connectivity index (χ0v) is 22.1. The average Bonchev–Trinajstić information content (AvgIpc) is 3.62. The van der Waals surface area contributed by atoms with Crippen molar-refractivity contribution in [3.8, 4) is 22.9 Å². The summed E-state index contributed by atoms with van der Waals surface area (Å²) in [4.78, 5) is 25.8. The summed E-state index contributed by atoms with van der Waals surface area (Å²) in [6.45, 7) is 2.44. The Morgan fingerprint density at radius 1 is 1.12 bits per heavy atom. The highest BCUT2D eigenvalue weighted by Crippen LogP contribution is 2.41. The van der Waals surface area contributed by atoms with Crippen molar-refractivity contribution in [1.82, 2.24) is 29.6 Å². The number of nitrogens with one attached hydrogen (secondary N) is 1. The molecule has 0 aromatic carbocycles. The van der Waals surface area contributed by atoms with E-state index in [1.165, 1.54) is 27.3 Å². The first kappa shape index (κ1) is 29.2. The van der Waals surface area contributed by atoms with Gasteiger partial charge >= 0.3 is 18.4 Å². The Morgan fingerprint density at radius 3 is 2.38 bits per heavy atom. The number of nitrogens with zero attached hydrogens (tertiary/aromatic N) is 5. The Morgan fingerprint density at radius 2 is 1.82 bits per heavy atom. The summed E-state index contributed by atoms with van der Waals surface area (Å²) in [6, 6.07) is -5.37. The third-order valence-electron chi connectivity index (χ3n) is 6.57. The van der Waals surface area contributed by atoms with E-state index in [2.05, 4.69) is 15.0 Å². The number of ether oxygens (including phenoxy) is 2. The Balaban J connectivity index is 1.76. The number of imidazole rings is 1. The lowest BCUT2D eigenvalue weighted by molar-refractivity contribution is -0.180. The number of carbonyl (C=O) groups excluding carboxylic acids is 1. The number of alkyl halides is 6. The summed E-state index contributed by atoms with van der Waals surface area (Å²) in [6.07, 6.45) is -4.91. The fourth-order valence-corrected chi connectivity index (χ4v) is 4.47. The van der Waals surface area contributed by atoms with Crippen molar-refractivity contribution in [3.63, 3.8) is 0 Å². The minimum atomic E-state index is -5.08. The number of rotatable bonds is 9. The smallest absolute Gasteiger partial charge is 0.414 e. The number of halogens is 6. The molecule has 15 heteroatoms. The fraction of sp³-hybridized carbons (Fsp3) is 0.520. The predicted molar refractivity (Wildman–Crippen MR) is 131 cm³/mol. The van der Waals surface area contributed by atoms with Crippen LogP contribution in [0.25, 0.3) is 16.9 Å². The maximum atomic E-state index is 14.5. The van der Waals surface area contributed by atoms with Gasteiger partial charge in [-0.2, -0.15) is 26.3 Å². The van der Waals surface area contributed by atoms with E-state index in [4.69, 9.17) is 9.47 Å². The zero-order chi connectivity index (χ0) is 29.4. The second-order valence-electron chi connectivity index (χ2n) is 9.51. The molecule has 2 amide bonds. The summed E-state index contributed by atoms with van der Waals surface area (Å²) in [5.41, 5.74) is 0.627. The van der Waals surface area contributed by atoms with Crippen LogP contribution in [0, 0.1) is 12.8 Å². The van der Waals surface area contributed by atoms with Gasteiger partial charge in [0.1, 0.15) is 11.8 Å². The van der Waals surface area contributed by atoms with Gasteiger partial charge in [0, 0.05) is 24.5 Å². The highest BCUT2D eigenvalue weighted by atomic mass is 19.4. The lowest BCUT2D eigenvalue weighted by Crippen LogP contribution is -2.53. The molecule has 1 N–H and O–H groups in total. The van der Waals surface area contributed by atoms with Crippen LogP contribution in [0.1, 0.15) is 43.6 Å². The molecule has 40 heavy (non-hydrogen) atoms. The van der Waals surface area contributed by atoms with Crippen molar-refractivity contribution in [2.45, 2.75) is 57.5 Å². The number of hydrogen-bond donors (Lipinski definition) is 1. The highest BCUT2D eigenvalue weighted by molar-refractivity contribution is 5.76. The molecule has 218 valence electrons. The quantitative estimate of drug-likeness (QED) is 0.340. The number of hydrogen-bond acceptors (Lipinski definition) is 6. The number of pyridine rings is 1. The van der Waals surface area contributed by atoms with Crippen molar-refractivity contribution in [1.29, 1.82) is 0 Å². The second kappa shape index (κ2) is 11.0. The van der Waals surface area contributed by atoms with Crippen LogP contribution in [0.4, 0.5) is 31.1 Å². The maximum Gasteiger partial charge on any atom is 0.414 e. The van der Waals surface area contributed by atoms with Gasteiger partial charge < -0.3 is 24.1 Å². The van der Waals surface area contributed by atoms with Crippen LogP contribution in [0.5, 0.6) is 11.6 Å². The van der Waals surface area contributed by atoms with Crippen molar-refractivity contribution in [2.75, 3.05) is 20.8 Å². The Bertz CT molecular complexity index is 1370. The van der Waals surface area contributed by atoms with Crippen LogP contribution in [0.2, 0.25) is 0 Å². The lowest BCUT2D eigenvalue weighted by atomic mass is 10.1. The zero-order valence-electron chi connectivity index (χ0n) is 22.1. The topological polar surface area (TPSA) is 93.9 Å². The minimum Gasteiger partial charge on any atom is -0.494 e. The van der Waals surface area contributed by atoms with Crippen molar-refractivity contribution in [3.05, 3.63) is 36.0 Å². The van der Waals surface area contributed by atoms with Crippen molar-refractivity contribution in [2.24, 2.45) is 5.92 Å². The van der Waals surface area contributed by atoms with E-state index in [1.807, 2.05) is 0 Å². The molecule has 2 atom stereocenters. The fourth-order valence-electron chi connectivity index (χ4n) is 4.47. The van der Waals surface area contributed by atoms with Gasteiger partial charge in [0.05, 0.1) is 37.5 Å². The molecule has 3 heterocycles. The number of urea groups is 1. The molecule has 1 aliphatic carbocycles. The molecule has 9 nitrogen and oxygen atoms in total. The van der Waals surface area contributed by atoms with E-state index in [9.17, 15) is 31.1 Å². The molecule has 1 saturated carbocycles. The van der Waals surface area contributed by atoms with Crippen molar-refractivity contribution >= 4 is 11.7 Å². The molecule has 0 aliphatic heterocycles. The normalized spacial score (nSPS) is 15.6. The van der Waals surface area contributed by atoms with E-state index in [1.54, 1.807) is 22.8 Å². The molecular formula is C25H28F6N6O3. The van der Waals surface area contributed by atoms with Gasteiger partial charge in [-0.1, -0.05) is 12.8 Å². The Labute approximate surface area is 225 Å². The predicted octanol–water partition coefficient (Wildman–Crippen LogP) is 5.48. The summed E-state index contributed by atoms with van der Waals surface area (Å²) >= 11 is 0. The molecule has 1 aliphatic rings. The molecule has 0 spiro atoms. The van der Waals surface area contributed by atoms with Crippen molar-refractivity contribution < 1.29 is 40.6 Å². The molecule has 0 bridgehead atoms. The molecule has 3 aromatic heterocycles. The Kier molecular flexibility index (Phi) is 8.04. The lowest BCUT2D eigenvalue weighted by Gasteiger charge is -2.34. The van der Waals surface area contributed by atoms with Gasteiger partial charge in [-0.15, -0.1) is 0 Å². The number of carbonyl (C=O) groups is 1. The van der Waals surface area contributed by atoms with Crippen LogP contribution in [0.3, 0.4) is 0 Å². The number of fused-ring (bicyclic) bond motifs is 1. The second-order valence-corrected chi connectivity index (χ2v) is 9.51. The summed E-state index contributed by atoms with van der Waals surface area (Å²) in [7, 11) is 2.65. The van der Waals surface area contributed by atoms with E-state index < -0.39 is 49.1 Å². The standard InChI is InChI=1S/C25H28F6N6O3/c1-5-37(23(38)35-19(24(26,27)28)8-14-6-7-14)20(25(29,30)31)16-9-15(18(39-3)10-32-16)17-12-36-11-13(2)33-21(36)22(34-17)40-4/h9-12,14,19-20H,5-8H2,1-4H3,(H,35,38). The van der Waals surface area contributed by atoms with Crippen LogP contribution < -0.4 is 14.8 Å². The first-order valence-corrected chi connectivity index (χ1v) is 12.4. The molecule has 2 unspecified atom stereocenters.